The van der Waals surface area contributed by atoms with E-state index in [0.29, 0.717) is 6.61 Å². The van der Waals surface area contributed by atoms with E-state index in [-0.39, 0.29) is 5.76 Å². The Morgan fingerprint density at radius 2 is 1.12 bits per heavy atom. The van der Waals surface area contributed by atoms with Gasteiger partial charge in [-0.15, -0.1) is 0 Å². The van der Waals surface area contributed by atoms with Crippen molar-refractivity contribution >= 4 is 5.97 Å². The molecule has 1 aliphatic rings. The Labute approximate surface area is 208 Å². The maximum absolute atomic E-state index is 11.7. The molecule has 3 N–H and O–H groups in total. The third-order valence-corrected chi connectivity index (χ3v) is 6.70. The molecule has 1 rings (SSSR count). The van der Waals surface area contributed by atoms with Gasteiger partial charge in [-0.2, -0.15) is 0 Å². The molecule has 0 spiro atoms. The van der Waals surface area contributed by atoms with E-state index in [1.807, 2.05) is 0 Å². The number of rotatable bonds is 24. The molecule has 34 heavy (non-hydrogen) atoms. The van der Waals surface area contributed by atoms with Crippen LogP contribution in [0.4, 0.5) is 0 Å². The first-order valence-corrected chi connectivity index (χ1v) is 14.2. The predicted octanol–water partition coefficient (Wildman–Crippen LogP) is 6.87. The van der Waals surface area contributed by atoms with E-state index in [4.69, 9.17) is 14.6 Å². The third kappa shape index (κ3) is 14.2. The molecule has 0 radical (unpaired) electrons. The second kappa shape index (κ2) is 21.0. The van der Waals surface area contributed by atoms with Gasteiger partial charge in [-0.1, -0.05) is 129 Å². The second-order valence-electron chi connectivity index (χ2n) is 9.86. The number of hydrogen-bond donors (Lipinski definition) is 3. The van der Waals surface area contributed by atoms with Crippen molar-refractivity contribution in [3.8, 4) is 0 Å². The first-order chi connectivity index (χ1) is 16.6. The molecule has 0 aromatic rings. The number of aliphatic hydroxyl groups is 3. The fraction of sp³-hybridized carbons (Fsp3) is 0.893. The minimum absolute atomic E-state index is 0.240. The van der Waals surface area contributed by atoms with Crippen LogP contribution in [0.25, 0.3) is 0 Å². The molecule has 0 saturated heterocycles. The van der Waals surface area contributed by atoms with Gasteiger partial charge in [0.1, 0.15) is 6.10 Å². The zero-order chi connectivity index (χ0) is 24.9. The number of aliphatic hydroxyl groups excluding tert-OH is 3. The van der Waals surface area contributed by atoms with Gasteiger partial charge < -0.3 is 24.8 Å². The van der Waals surface area contributed by atoms with Crippen LogP contribution < -0.4 is 0 Å². The monoisotopic (exact) mass is 484 g/mol. The summed E-state index contributed by atoms with van der Waals surface area (Å²) in [6.07, 6.45) is 23.9. The van der Waals surface area contributed by atoms with E-state index in [2.05, 4.69) is 6.92 Å². The highest BCUT2D eigenvalue weighted by Crippen LogP contribution is 2.24. The Hall–Kier alpha value is -1.27. The Kier molecular flexibility index (Phi) is 19.0. The van der Waals surface area contributed by atoms with Crippen molar-refractivity contribution in [2.45, 2.75) is 148 Å². The summed E-state index contributed by atoms with van der Waals surface area (Å²) in [5, 5.41) is 28.4. The van der Waals surface area contributed by atoms with Crippen LogP contribution >= 0.6 is 0 Å². The van der Waals surface area contributed by atoms with Crippen LogP contribution in [-0.4, -0.2) is 46.7 Å². The smallest absolute Gasteiger partial charge is 0.378 e. The number of carbonyl (C=O) groups excluding carboxylic acids is 1. The molecule has 0 saturated carbocycles. The highest BCUT2D eigenvalue weighted by Gasteiger charge is 2.40. The molecular formula is C28H52O6. The maximum Gasteiger partial charge on any atom is 0.378 e. The topological polar surface area (TPSA) is 96.2 Å². The number of hydrogen-bond acceptors (Lipinski definition) is 6. The standard InChI is InChI=1S/C28H52O6/c1-2-3-4-5-6-7-8-9-10-11-12-13-14-15-16-17-18-19-20-21-22-33-27-25(31)26(24(30)23-29)34-28(27)32/h24,26,29-31H,2-23H2,1H3. The van der Waals surface area contributed by atoms with Gasteiger partial charge >= 0.3 is 5.97 Å². The van der Waals surface area contributed by atoms with Crippen LogP contribution in [0.2, 0.25) is 0 Å². The summed E-state index contributed by atoms with van der Waals surface area (Å²) < 4.78 is 10.2. The molecule has 0 bridgehead atoms. The average Bonchev–Trinajstić information content (AvgIpc) is 3.12. The fourth-order valence-corrected chi connectivity index (χ4v) is 4.48. The van der Waals surface area contributed by atoms with Crippen LogP contribution in [0, 0.1) is 0 Å². The second-order valence-corrected chi connectivity index (χ2v) is 9.86. The predicted molar refractivity (Wildman–Crippen MR) is 137 cm³/mol. The van der Waals surface area contributed by atoms with Gasteiger partial charge in [0, 0.05) is 0 Å². The lowest BCUT2D eigenvalue weighted by molar-refractivity contribution is -0.148. The van der Waals surface area contributed by atoms with Crippen molar-refractivity contribution in [1.82, 2.24) is 0 Å². The summed E-state index contributed by atoms with van der Waals surface area (Å²) in [7, 11) is 0. The maximum atomic E-state index is 11.7. The molecule has 0 aromatic heterocycles. The summed E-state index contributed by atoms with van der Waals surface area (Å²) in [6, 6.07) is 0. The number of carbonyl (C=O) groups is 1. The minimum Gasteiger partial charge on any atom is -0.505 e. The molecule has 0 aliphatic carbocycles. The highest BCUT2D eigenvalue weighted by atomic mass is 16.6. The lowest BCUT2D eigenvalue weighted by Gasteiger charge is -2.13. The molecule has 6 heteroatoms. The molecule has 0 fully saturated rings. The van der Waals surface area contributed by atoms with E-state index in [0.717, 1.165) is 19.3 Å². The van der Waals surface area contributed by atoms with Crippen molar-refractivity contribution in [3.05, 3.63) is 11.5 Å². The van der Waals surface area contributed by atoms with Crippen molar-refractivity contribution in [1.29, 1.82) is 0 Å². The van der Waals surface area contributed by atoms with Crippen LogP contribution in [-0.2, 0) is 14.3 Å². The first-order valence-electron chi connectivity index (χ1n) is 14.2. The van der Waals surface area contributed by atoms with E-state index in [9.17, 15) is 15.0 Å². The molecule has 200 valence electrons. The largest absolute Gasteiger partial charge is 0.505 e. The lowest BCUT2D eigenvalue weighted by atomic mass is 10.0. The molecule has 1 heterocycles. The average molecular weight is 485 g/mol. The summed E-state index contributed by atoms with van der Waals surface area (Å²) in [6.45, 7) is 2.00. The number of cyclic esters (lactones) is 1. The molecular weight excluding hydrogens is 432 g/mol. The number of esters is 1. The molecule has 0 aromatic carbocycles. The Morgan fingerprint density at radius 1 is 0.735 bits per heavy atom. The number of unbranched alkanes of at least 4 members (excludes halogenated alkanes) is 19. The van der Waals surface area contributed by atoms with Crippen LogP contribution in [0.3, 0.4) is 0 Å². The molecule has 2 atom stereocenters. The normalized spacial score (nSPS) is 16.8. The van der Waals surface area contributed by atoms with Crippen LogP contribution in [0.15, 0.2) is 11.5 Å². The van der Waals surface area contributed by atoms with E-state index >= 15 is 0 Å². The van der Waals surface area contributed by atoms with Crippen molar-refractivity contribution in [3.63, 3.8) is 0 Å². The summed E-state index contributed by atoms with van der Waals surface area (Å²) in [5.41, 5.74) is 0. The third-order valence-electron chi connectivity index (χ3n) is 6.70. The van der Waals surface area contributed by atoms with E-state index in [1.165, 1.54) is 109 Å². The van der Waals surface area contributed by atoms with Gasteiger partial charge in [0.05, 0.1) is 13.2 Å². The Morgan fingerprint density at radius 3 is 1.50 bits per heavy atom. The van der Waals surface area contributed by atoms with Crippen LogP contribution in [0.1, 0.15) is 135 Å². The van der Waals surface area contributed by atoms with E-state index < -0.39 is 30.5 Å². The zero-order valence-corrected chi connectivity index (χ0v) is 21.8. The summed E-state index contributed by atoms with van der Waals surface area (Å²) >= 11 is 0. The lowest BCUT2D eigenvalue weighted by Crippen LogP contribution is -2.31. The molecule has 2 unspecified atom stereocenters. The van der Waals surface area contributed by atoms with Gasteiger partial charge in [0.15, 0.2) is 11.9 Å². The van der Waals surface area contributed by atoms with Gasteiger partial charge in [0.2, 0.25) is 5.76 Å². The number of ether oxygens (including phenoxy) is 2. The Bertz CT molecular complexity index is 533. The highest BCUT2D eigenvalue weighted by molar-refractivity contribution is 5.89. The minimum atomic E-state index is -1.34. The van der Waals surface area contributed by atoms with E-state index in [1.54, 1.807) is 0 Å². The van der Waals surface area contributed by atoms with Crippen molar-refractivity contribution in [2.24, 2.45) is 0 Å². The van der Waals surface area contributed by atoms with Gasteiger partial charge in [-0.3, -0.25) is 0 Å². The quantitative estimate of drug-likeness (QED) is 0.102. The van der Waals surface area contributed by atoms with Crippen molar-refractivity contribution < 1.29 is 29.6 Å². The molecule has 6 nitrogen and oxygen atoms in total. The van der Waals surface area contributed by atoms with Gasteiger partial charge in [-0.25, -0.2) is 4.79 Å². The molecule has 0 amide bonds. The fourth-order valence-electron chi connectivity index (χ4n) is 4.48. The van der Waals surface area contributed by atoms with Gasteiger partial charge in [0.25, 0.3) is 0 Å². The zero-order valence-electron chi connectivity index (χ0n) is 21.8. The SMILES string of the molecule is CCCCCCCCCCCCCCCCCCCCCCOC1=C(O)C(C(O)CO)OC1=O. The van der Waals surface area contributed by atoms with Gasteiger partial charge in [-0.05, 0) is 6.42 Å². The van der Waals surface area contributed by atoms with Crippen molar-refractivity contribution in [2.75, 3.05) is 13.2 Å². The summed E-state index contributed by atoms with van der Waals surface area (Å²) in [4.78, 5) is 11.7. The molecule has 1 aliphatic heterocycles. The summed E-state index contributed by atoms with van der Waals surface area (Å²) in [5.74, 6) is -1.46. The first kappa shape index (κ1) is 30.8. The Balaban J connectivity index is 1.82. The van der Waals surface area contributed by atoms with Crippen LogP contribution in [0.5, 0.6) is 0 Å².